The number of aryl methyl sites for hydroxylation is 1. The van der Waals surface area contributed by atoms with E-state index in [2.05, 4.69) is 10.1 Å². The van der Waals surface area contributed by atoms with Gasteiger partial charge in [-0.1, -0.05) is 17.3 Å². The molecule has 96 valence electrons. The van der Waals surface area contributed by atoms with Crippen molar-refractivity contribution in [1.29, 1.82) is 0 Å². The molecule has 2 rings (SSSR count). The molecule has 0 aliphatic rings. The van der Waals surface area contributed by atoms with Crippen LogP contribution >= 0.6 is 0 Å². The van der Waals surface area contributed by atoms with E-state index in [4.69, 9.17) is 10.3 Å². The Kier molecular flexibility index (Phi) is 4.04. The predicted octanol–water partition coefficient (Wildman–Crippen LogP) is 2.08. The van der Waals surface area contributed by atoms with Crippen LogP contribution in [0.15, 0.2) is 28.8 Å². The summed E-state index contributed by atoms with van der Waals surface area (Å²) in [5.41, 5.74) is 6.48. The van der Waals surface area contributed by atoms with Gasteiger partial charge >= 0.3 is 0 Å². The maximum Gasteiger partial charge on any atom is 0.226 e. The molecule has 5 heteroatoms. The van der Waals surface area contributed by atoms with Crippen LogP contribution in [-0.4, -0.2) is 16.2 Å². The molecule has 0 aliphatic carbocycles. The molecule has 1 aromatic carbocycles. The van der Waals surface area contributed by atoms with E-state index in [-0.39, 0.29) is 11.9 Å². The lowest BCUT2D eigenvalue weighted by Gasteiger charge is -1.99. The van der Waals surface area contributed by atoms with E-state index in [0.29, 0.717) is 24.6 Å². The normalized spacial score (nSPS) is 12.6. The second-order valence-electron chi connectivity index (χ2n) is 4.43. The number of benzene rings is 1. The summed E-state index contributed by atoms with van der Waals surface area (Å²) in [6, 6.07) is 6.50. The molecule has 1 unspecified atom stereocenters. The molecule has 0 aliphatic heterocycles. The number of hydrogen-bond donors (Lipinski definition) is 1. The van der Waals surface area contributed by atoms with Crippen molar-refractivity contribution in [3.05, 3.63) is 47.4 Å². The van der Waals surface area contributed by atoms with Crippen LogP contribution in [0.25, 0.3) is 0 Å². The minimum absolute atomic E-state index is 0.114. The lowest BCUT2D eigenvalue weighted by atomic mass is 10.1. The van der Waals surface area contributed by atoms with Gasteiger partial charge in [0.2, 0.25) is 5.89 Å². The van der Waals surface area contributed by atoms with Crippen LogP contribution in [0.4, 0.5) is 4.39 Å². The third-order valence-electron chi connectivity index (χ3n) is 2.57. The highest BCUT2D eigenvalue weighted by molar-refractivity contribution is 5.19. The summed E-state index contributed by atoms with van der Waals surface area (Å²) in [5, 5.41) is 3.87. The van der Waals surface area contributed by atoms with Gasteiger partial charge in [-0.25, -0.2) is 4.39 Å². The summed E-state index contributed by atoms with van der Waals surface area (Å²) in [6.07, 6.45) is 1.95. The lowest BCUT2D eigenvalue weighted by Crippen LogP contribution is -2.15. The molecular weight excluding hydrogens is 233 g/mol. The van der Waals surface area contributed by atoms with E-state index >= 15 is 0 Å². The molecule has 18 heavy (non-hydrogen) atoms. The number of aromatic nitrogens is 2. The first-order chi connectivity index (χ1) is 8.63. The minimum atomic E-state index is -0.256. The predicted molar refractivity (Wildman–Crippen MR) is 65.5 cm³/mol. The molecule has 2 aromatic rings. The fraction of sp³-hybridized carbons (Fsp3) is 0.385. The second-order valence-corrected chi connectivity index (χ2v) is 4.43. The zero-order valence-corrected chi connectivity index (χ0v) is 10.3. The molecular formula is C13H16FN3O. The van der Waals surface area contributed by atoms with E-state index in [9.17, 15) is 4.39 Å². The van der Waals surface area contributed by atoms with Crippen LogP contribution in [0.1, 0.15) is 30.6 Å². The third kappa shape index (κ3) is 3.63. The first-order valence-electron chi connectivity index (χ1n) is 5.95. The highest BCUT2D eigenvalue weighted by atomic mass is 19.1. The van der Waals surface area contributed by atoms with E-state index in [1.807, 2.05) is 13.0 Å². The molecule has 1 heterocycles. The SMILES string of the molecule is CC(N)CCc1nc(Cc2cccc(F)c2)no1. The summed E-state index contributed by atoms with van der Waals surface area (Å²) in [5.74, 6) is 0.896. The van der Waals surface area contributed by atoms with Crippen molar-refractivity contribution in [3.8, 4) is 0 Å². The van der Waals surface area contributed by atoms with Crippen LogP contribution in [0, 0.1) is 5.82 Å². The van der Waals surface area contributed by atoms with Gasteiger partial charge in [-0.05, 0) is 31.0 Å². The van der Waals surface area contributed by atoms with Crippen molar-refractivity contribution >= 4 is 0 Å². The third-order valence-corrected chi connectivity index (χ3v) is 2.57. The van der Waals surface area contributed by atoms with Crippen molar-refractivity contribution in [2.45, 2.75) is 32.2 Å². The zero-order valence-electron chi connectivity index (χ0n) is 10.3. The summed E-state index contributed by atoms with van der Waals surface area (Å²) >= 11 is 0. The van der Waals surface area contributed by atoms with Crippen molar-refractivity contribution in [2.24, 2.45) is 5.73 Å². The van der Waals surface area contributed by atoms with Gasteiger partial charge in [0.1, 0.15) is 5.82 Å². The fourth-order valence-corrected chi connectivity index (χ4v) is 1.64. The Morgan fingerprint density at radius 3 is 3.00 bits per heavy atom. The molecule has 0 bridgehead atoms. The van der Waals surface area contributed by atoms with Crippen LogP contribution in [-0.2, 0) is 12.8 Å². The number of nitrogens with zero attached hydrogens (tertiary/aromatic N) is 2. The van der Waals surface area contributed by atoms with Crippen molar-refractivity contribution in [3.63, 3.8) is 0 Å². The Labute approximate surface area is 105 Å². The van der Waals surface area contributed by atoms with Crippen LogP contribution in [0.3, 0.4) is 0 Å². The Balaban J connectivity index is 1.98. The average molecular weight is 249 g/mol. The maximum absolute atomic E-state index is 13.0. The molecule has 0 saturated heterocycles. The van der Waals surface area contributed by atoms with Crippen molar-refractivity contribution < 1.29 is 8.91 Å². The van der Waals surface area contributed by atoms with Gasteiger partial charge in [-0.2, -0.15) is 4.98 Å². The largest absolute Gasteiger partial charge is 0.339 e. The van der Waals surface area contributed by atoms with Crippen LogP contribution in [0.5, 0.6) is 0 Å². The van der Waals surface area contributed by atoms with E-state index in [0.717, 1.165) is 12.0 Å². The molecule has 4 nitrogen and oxygen atoms in total. The fourth-order valence-electron chi connectivity index (χ4n) is 1.64. The van der Waals surface area contributed by atoms with Crippen molar-refractivity contribution in [2.75, 3.05) is 0 Å². The molecule has 0 amide bonds. The Morgan fingerprint density at radius 1 is 1.44 bits per heavy atom. The van der Waals surface area contributed by atoms with Gasteiger partial charge in [0.25, 0.3) is 0 Å². The van der Waals surface area contributed by atoms with Crippen LogP contribution < -0.4 is 5.73 Å². The van der Waals surface area contributed by atoms with Gasteiger partial charge < -0.3 is 10.3 Å². The van der Waals surface area contributed by atoms with E-state index in [1.165, 1.54) is 12.1 Å². The summed E-state index contributed by atoms with van der Waals surface area (Å²) in [7, 11) is 0. The highest BCUT2D eigenvalue weighted by Gasteiger charge is 2.08. The molecule has 2 N–H and O–H groups in total. The monoisotopic (exact) mass is 249 g/mol. The lowest BCUT2D eigenvalue weighted by molar-refractivity contribution is 0.368. The van der Waals surface area contributed by atoms with E-state index in [1.54, 1.807) is 6.07 Å². The summed E-state index contributed by atoms with van der Waals surface area (Å²) in [6.45, 7) is 1.93. The number of rotatable bonds is 5. The van der Waals surface area contributed by atoms with Gasteiger partial charge in [0, 0.05) is 18.9 Å². The highest BCUT2D eigenvalue weighted by Crippen LogP contribution is 2.09. The molecule has 0 saturated carbocycles. The standard InChI is InChI=1S/C13H16FN3O/c1-9(15)5-6-13-16-12(17-18-13)8-10-3-2-4-11(14)7-10/h2-4,7,9H,5-6,8,15H2,1H3. The van der Waals surface area contributed by atoms with Gasteiger partial charge in [0.05, 0.1) is 0 Å². The molecule has 0 spiro atoms. The summed E-state index contributed by atoms with van der Waals surface area (Å²) < 4.78 is 18.1. The molecule has 1 atom stereocenters. The number of hydrogen-bond acceptors (Lipinski definition) is 4. The van der Waals surface area contributed by atoms with Gasteiger partial charge in [-0.3, -0.25) is 0 Å². The Bertz CT molecular complexity index is 510. The number of halogens is 1. The van der Waals surface area contributed by atoms with E-state index < -0.39 is 0 Å². The summed E-state index contributed by atoms with van der Waals surface area (Å²) in [4.78, 5) is 4.25. The topological polar surface area (TPSA) is 64.9 Å². The second kappa shape index (κ2) is 5.73. The molecule has 0 radical (unpaired) electrons. The van der Waals surface area contributed by atoms with Gasteiger partial charge in [0.15, 0.2) is 5.82 Å². The number of nitrogens with two attached hydrogens (primary N) is 1. The maximum atomic E-state index is 13.0. The average Bonchev–Trinajstić information content (AvgIpc) is 2.74. The van der Waals surface area contributed by atoms with Crippen LogP contribution in [0.2, 0.25) is 0 Å². The molecule has 0 fully saturated rings. The van der Waals surface area contributed by atoms with Gasteiger partial charge in [-0.15, -0.1) is 0 Å². The van der Waals surface area contributed by atoms with Crippen molar-refractivity contribution in [1.82, 2.24) is 10.1 Å². The smallest absolute Gasteiger partial charge is 0.226 e. The zero-order chi connectivity index (χ0) is 13.0. The Morgan fingerprint density at radius 2 is 2.28 bits per heavy atom. The first kappa shape index (κ1) is 12.7. The molecule has 1 aromatic heterocycles. The quantitative estimate of drug-likeness (QED) is 0.881. The minimum Gasteiger partial charge on any atom is -0.339 e. The Hall–Kier alpha value is -1.75. The first-order valence-corrected chi connectivity index (χ1v) is 5.95.